The Labute approximate surface area is 94.0 Å². The lowest BCUT2D eigenvalue weighted by molar-refractivity contribution is -0.117. The molecule has 1 amide bonds. The van der Waals surface area contributed by atoms with Gasteiger partial charge in [-0.1, -0.05) is 0 Å². The van der Waals surface area contributed by atoms with E-state index in [-0.39, 0.29) is 5.91 Å². The number of nitrogens with one attached hydrogen (secondary N) is 3. The van der Waals surface area contributed by atoms with Crippen molar-refractivity contribution in [2.24, 2.45) is 5.92 Å². The van der Waals surface area contributed by atoms with Gasteiger partial charge < -0.3 is 10.6 Å². The van der Waals surface area contributed by atoms with E-state index in [1.54, 1.807) is 0 Å². The number of piperidine rings is 1. The number of hydrogen-bond donors (Lipinski definition) is 3. The summed E-state index contributed by atoms with van der Waals surface area (Å²) in [5.41, 5.74) is 1.19. The van der Waals surface area contributed by atoms with Crippen molar-refractivity contribution in [2.45, 2.75) is 25.2 Å². The topological polar surface area (TPSA) is 69.8 Å². The third kappa shape index (κ3) is 1.61. The zero-order valence-corrected chi connectivity index (χ0v) is 9.12. The van der Waals surface area contributed by atoms with Crippen LogP contribution >= 0.6 is 0 Å². The molecule has 86 valence electrons. The zero-order valence-electron chi connectivity index (χ0n) is 9.12. The molecule has 1 fully saturated rings. The number of rotatable bonds is 1. The van der Waals surface area contributed by atoms with Crippen molar-refractivity contribution in [2.75, 3.05) is 18.4 Å². The van der Waals surface area contributed by atoms with Gasteiger partial charge in [0.2, 0.25) is 5.91 Å². The largest absolute Gasteiger partial charge is 0.317 e. The van der Waals surface area contributed by atoms with E-state index in [1.807, 2.05) is 6.20 Å². The third-order valence-corrected chi connectivity index (χ3v) is 3.69. The number of amides is 1. The molecule has 0 aromatic carbocycles. The van der Waals surface area contributed by atoms with Crippen LogP contribution < -0.4 is 10.6 Å². The number of hydrogen-bond acceptors (Lipinski definition) is 3. The van der Waals surface area contributed by atoms with Crippen molar-refractivity contribution >= 4 is 11.7 Å². The Kier molecular flexibility index (Phi) is 2.40. The highest BCUT2D eigenvalue weighted by Gasteiger charge is 2.33. The van der Waals surface area contributed by atoms with Crippen molar-refractivity contribution in [3.05, 3.63) is 11.8 Å². The number of carbonyl (C=O) groups is 1. The molecule has 3 N–H and O–H groups in total. The van der Waals surface area contributed by atoms with Crippen LogP contribution in [-0.4, -0.2) is 29.2 Å². The molecule has 3 rings (SSSR count). The van der Waals surface area contributed by atoms with Crippen LogP contribution in [0.25, 0.3) is 0 Å². The van der Waals surface area contributed by atoms with Crippen LogP contribution in [0.5, 0.6) is 0 Å². The molecule has 2 aliphatic rings. The average molecular weight is 220 g/mol. The van der Waals surface area contributed by atoms with Gasteiger partial charge in [-0.15, -0.1) is 0 Å². The van der Waals surface area contributed by atoms with Crippen LogP contribution in [0.15, 0.2) is 6.20 Å². The first-order chi connectivity index (χ1) is 7.84. The molecule has 1 unspecified atom stereocenters. The van der Waals surface area contributed by atoms with Gasteiger partial charge in [0, 0.05) is 17.9 Å². The highest BCUT2D eigenvalue weighted by molar-refractivity contribution is 5.93. The van der Waals surface area contributed by atoms with Gasteiger partial charge in [0.05, 0.1) is 6.20 Å². The number of carbonyl (C=O) groups excluding carboxylic acids is 1. The predicted octanol–water partition coefficient (Wildman–Crippen LogP) is 0.835. The first-order valence-electron chi connectivity index (χ1n) is 5.88. The number of anilines is 1. The Morgan fingerprint density at radius 3 is 2.94 bits per heavy atom. The normalized spacial score (nSPS) is 26.2. The van der Waals surface area contributed by atoms with Gasteiger partial charge in [-0.25, -0.2) is 0 Å². The number of H-pyrrole nitrogens is 1. The first kappa shape index (κ1) is 9.84. The Hall–Kier alpha value is -1.36. The minimum absolute atomic E-state index is 0.111. The second-order valence-corrected chi connectivity index (χ2v) is 4.65. The number of nitrogens with zero attached hydrogens (tertiary/aromatic N) is 1. The van der Waals surface area contributed by atoms with E-state index in [1.165, 1.54) is 5.56 Å². The van der Waals surface area contributed by atoms with Crippen LogP contribution in [0, 0.1) is 5.92 Å². The van der Waals surface area contributed by atoms with E-state index in [0.29, 0.717) is 18.3 Å². The lowest BCUT2D eigenvalue weighted by Crippen LogP contribution is -2.34. The summed E-state index contributed by atoms with van der Waals surface area (Å²) in [5, 5.41) is 13.1. The minimum atomic E-state index is 0.111. The molecule has 2 aliphatic heterocycles. The first-order valence-corrected chi connectivity index (χ1v) is 5.88. The van der Waals surface area contributed by atoms with E-state index in [9.17, 15) is 4.79 Å². The van der Waals surface area contributed by atoms with Crippen molar-refractivity contribution in [3.8, 4) is 0 Å². The SMILES string of the molecule is O=C1CC(C2CCNCC2)c2cn[nH]c2N1. The quantitative estimate of drug-likeness (QED) is 0.656. The zero-order chi connectivity index (χ0) is 11.0. The number of aromatic nitrogens is 2. The molecule has 5 nitrogen and oxygen atoms in total. The summed E-state index contributed by atoms with van der Waals surface area (Å²) in [6, 6.07) is 0. The van der Waals surface area contributed by atoms with E-state index in [2.05, 4.69) is 20.8 Å². The van der Waals surface area contributed by atoms with Crippen LogP contribution in [-0.2, 0) is 4.79 Å². The van der Waals surface area contributed by atoms with E-state index in [4.69, 9.17) is 0 Å². The summed E-state index contributed by atoms with van der Waals surface area (Å²) in [5.74, 6) is 1.88. The van der Waals surface area contributed by atoms with Gasteiger partial charge in [-0.2, -0.15) is 5.10 Å². The highest BCUT2D eigenvalue weighted by Crippen LogP contribution is 2.39. The van der Waals surface area contributed by atoms with Gasteiger partial charge in [0.1, 0.15) is 5.82 Å². The molecule has 1 atom stereocenters. The van der Waals surface area contributed by atoms with Crippen molar-refractivity contribution in [1.82, 2.24) is 15.5 Å². The fourth-order valence-corrected chi connectivity index (χ4v) is 2.84. The van der Waals surface area contributed by atoms with Crippen LogP contribution in [0.1, 0.15) is 30.7 Å². The molecular formula is C11H16N4O. The molecule has 3 heterocycles. The summed E-state index contributed by atoms with van der Waals surface area (Å²) >= 11 is 0. The molecule has 5 heteroatoms. The van der Waals surface area contributed by atoms with Gasteiger partial charge in [-0.3, -0.25) is 9.89 Å². The van der Waals surface area contributed by atoms with E-state index in [0.717, 1.165) is 31.7 Å². The second-order valence-electron chi connectivity index (χ2n) is 4.65. The fraction of sp³-hybridized carbons (Fsp3) is 0.636. The summed E-state index contributed by atoms with van der Waals surface area (Å²) in [6.07, 6.45) is 4.78. The van der Waals surface area contributed by atoms with Gasteiger partial charge in [-0.05, 0) is 31.8 Å². The highest BCUT2D eigenvalue weighted by atomic mass is 16.1. The van der Waals surface area contributed by atoms with Crippen molar-refractivity contribution < 1.29 is 4.79 Å². The molecule has 16 heavy (non-hydrogen) atoms. The molecular weight excluding hydrogens is 204 g/mol. The Morgan fingerprint density at radius 2 is 2.12 bits per heavy atom. The van der Waals surface area contributed by atoms with Crippen LogP contribution in [0.2, 0.25) is 0 Å². The molecule has 0 aliphatic carbocycles. The average Bonchev–Trinajstić information content (AvgIpc) is 2.77. The Balaban J connectivity index is 1.87. The minimum Gasteiger partial charge on any atom is -0.317 e. The molecule has 0 radical (unpaired) electrons. The van der Waals surface area contributed by atoms with E-state index >= 15 is 0 Å². The molecule has 0 spiro atoms. The lowest BCUT2D eigenvalue weighted by atomic mass is 9.78. The molecule has 1 saturated heterocycles. The molecule has 0 saturated carbocycles. The summed E-state index contributed by atoms with van der Waals surface area (Å²) in [6.45, 7) is 2.13. The molecule has 1 aromatic heterocycles. The summed E-state index contributed by atoms with van der Waals surface area (Å²) in [4.78, 5) is 11.6. The van der Waals surface area contributed by atoms with E-state index < -0.39 is 0 Å². The van der Waals surface area contributed by atoms with Gasteiger partial charge in [0.25, 0.3) is 0 Å². The maximum absolute atomic E-state index is 11.6. The second kappa shape index (κ2) is 3.90. The maximum atomic E-state index is 11.6. The van der Waals surface area contributed by atoms with Gasteiger partial charge in [0.15, 0.2) is 0 Å². The summed E-state index contributed by atoms with van der Waals surface area (Å²) in [7, 11) is 0. The third-order valence-electron chi connectivity index (χ3n) is 3.69. The van der Waals surface area contributed by atoms with Crippen LogP contribution in [0.3, 0.4) is 0 Å². The standard InChI is InChI=1S/C11H16N4O/c16-10-5-8(7-1-3-12-4-2-7)9-6-13-15-11(9)14-10/h6-8,12H,1-5H2,(H2,13,14,15,16). The summed E-state index contributed by atoms with van der Waals surface area (Å²) < 4.78 is 0. The Morgan fingerprint density at radius 1 is 1.31 bits per heavy atom. The molecule has 1 aromatic rings. The lowest BCUT2D eigenvalue weighted by Gasteiger charge is -2.32. The number of fused-ring (bicyclic) bond motifs is 1. The fourth-order valence-electron chi connectivity index (χ4n) is 2.84. The maximum Gasteiger partial charge on any atom is 0.226 e. The smallest absolute Gasteiger partial charge is 0.226 e. The molecule has 0 bridgehead atoms. The van der Waals surface area contributed by atoms with Gasteiger partial charge >= 0.3 is 0 Å². The van der Waals surface area contributed by atoms with Crippen molar-refractivity contribution in [1.29, 1.82) is 0 Å². The Bertz CT molecular complexity index is 394. The van der Waals surface area contributed by atoms with Crippen molar-refractivity contribution in [3.63, 3.8) is 0 Å². The monoisotopic (exact) mass is 220 g/mol. The van der Waals surface area contributed by atoms with Crippen LogP contribution in [0.4, 0.5) is 5.82 Å². The predicted molar refractivity (Wildman–Crippen MR) is 60.2 cm³/mol. The number of aromatic amines is 1.